The predicted molar refractivity (Wildman–Crippen MR) is 116 cm³/mol. The Morgan fingerprint density at radius 1 is 1.40 bits per heavy atom. The lowest BCUT2D eigenvalue weighted by atomic mass is 9.78. The Morgan fingerprint density at radius 3 is 2.93 bits per heavy atom. The predicted octanol–water partition coefficient (Wildman–Crippen LogP) is 4.26. The number of rotatable bonds is 8. The summed E-state index contributed by atoms with van der Waals surface area (Å²) in [7, 11) is 0.750. The van der Waals surface area contributed by atoms with Crippen LogP contribution in [0.1, 0.15) is 24.1 Å². The highest BCUT2D eigenvalue weighted by Crippen LogP contribution is 2.30. The van der Waals surface area contributed by atoms with Crippen molar-refractivity contribution in [2.45, 2.75) is 25.3 Å². The minimum Gasteiger partial charge on any atom is -0.505 e. The maximum Gasteiger partial charge on any atom is 0.458 e. The van der Waals surface area contributed by atoms with Crippen molar-refractivity contribution in [3.63, 3.8) is 0 Å². The Labute approximate surface area is 176 Å². The van der Waals surface area contributed by atoms with Gasteiger partial charge in [0, 0.05) is 19.6 Å². The number of allylic oxidation sites excluding steroid dienone is 2. The SMILES string of the molecule is C=C(COC)C1=CCB(O)OC1CC/C(=C/c1ccc(O)c(F)c1)c1ccccn1. The third kappa shape index (κ3) is 5.66. The Balaban J connectivity index is 1.85. The van der Waals surface area contributed by atoms with Crippen LogP contribution in [0.5, 0.6) is 5.75 Å². The van der Waals surface area contributed by atoms with Crippen molar-refractivity contribution in [1.82, 2.24) is 4.98 Å². The number of phenols is 1. The normalized spacial score (nSPS) is 17.0. The van der Waals surface area contributed by atoms with Gasteiger partial charge in [-0.1, -0.05) is 24.8 Å². The number of methoxy groups -OCH3 is 1. The smallest absolute Gasteiger partial charge is 0.458 e. The van der Waals surface area contributed by atoms with Gasteiger partial charge in [0.1, 0.15) is 0 Å². The van der Waals surface area contributed by atoms with E-state index in [9.17, 15) is 14.5 Å². The van der Waals surface area contributed by atoms with Gasteiger partial charge in [0.05, 0.1) is 18.4 Å². The second-order valence-electron chi connectivity index (χ2n) is 7.15. The molecule has 2 heterocycles. The molecule has 2 aromatic rings. The van der Waals surface area contributed by atoms with Crippen LogP contribution in [0.4, 0.5) is 4.39 Å². The van der Waals surface area contributed by atoms with Gasteiger partial charge in [-0.25, -0.2) is 4.39 Å². The summed E-state index contributed by atoms with van der Waals surface area (Å²) in [5.41, 5.74) is 4.02. The molecule has 5 nitrogen and oxygen atoms in total. The van der Waals surface area contributed by atoms with Crippen LogP contribution in [0, 0.1) is 5.82 Å². The van der Waals surface area contributed by atoms with Crippen molar-refractivity contribution in [2.75, 3.05) is 13.7 Å². The number of halogens is 1. The van der Waals surface area contributed by atoms with E-state index in [1.807, 2.05) is 30.4 Å². The zero-order chi connectivity index (χ0) is 21.5. The number of phenolic OH excluding ortho intramolecular Hbond substituents is 1. The van der Waals surface area contributed by atoms with E-state index < -0.39 is 12.9 Å². The summed E-state index contributed by atoms with van der Waals surface area (Å²) in [6.45, 7) is 4.45. The molecule has 1 aliphatic heterocycles. The van der Waals surface area contributed by atoms with Crippen LogP contribution in [-0.2, 0) is 9.39 Å². The summed E-state index contributed by atoms with van der Waals surface area (Å²) in [6.07, 6.45) is 6.72. The van der Waals surface area contributed by atoms with Crippen molar-refractivity contribution >= 4 is 18.8 Å². The fraction of sp³-hybridized carbons (Fsp3) is 0.261. The minimum atomic E-state index is -0.859. The van der Waals surface area contributed by atoms with E-state index in [0.29, 0.717) is 31.3 Å². The average Bonchev–Trinajstić information content (AvgIpc) is 2.74. The Hall–Kier alpha value is -2.74. The van der Waals surface area contributed by atoms with Crippen LogP contribution >= 0.6 is 0 Å². The van der Waals surface area contributed by atoms with Crippen LogP contribution in [-0.4, -0.2) is 42.1 Å². The van der Waals surface area contributed by atoms with E-state index >= 15 is 0 Å². The summed E-state index contributed by atoms with van der Waals surface area (Å²) in [6, 6.07) is 9.86. The third-order valence-electron chi connectivity index (χ3n) is 4.92. The highest BCUT2D eigenvalue weighted by molar-refractivity contribution is 6.43. The topological polar surface area (TPSA) is 71.8 Å². The molecule has 1 aliphatic rings. The van der Waals surface area contributed by atoms with Gasteiger partial charge >= 0.3 is 7.12 Å². The first-order chi connectivity index (χ1) is 14.5. The Morgan fingerprint density at radius 2 is 2.23 bits per heavy atom. The molecule has 0 aliphatic carbocycles. The molecular weight excluding hydrogens is 384 g/mol. The van der Waals surface area contributed by atoms with Crippen molar-refractivity contribution in [3.05, 3.63) is 83.5 Å². The molecule has 0 amide bonds. The molecule has 1 unspecified atom stereocenters. The van der Waals surface area contributed by atoms with Gasteiger partial charge in [-0.05, 0) is 65.5 Å². The van der Waals surface area contributed by atoms with E-state index in [2.05, 4.69) is 11.6 Å². The largest absolute Gasteiger partial charge is 0.505 e. The van der Waals surface area contributed by atoms with Gasteiger partial charge in [0.25, 0.3) is 0 Å². The number of benzene rings is 1. The molecule has 0 radical (unpaired) electrons. The second kappa shape index (κ2) is 10.3. The fourth-order valence-corrected chi connectivity index (χ4v) is 3.46. The lowest BCUT2D eigenvalue weighted by molar-refractivity contribution is 0.177. The van der Waals surface area contributed by atoms with Crippen LogP contribution in [0.3, 0.4) is 0 Å². The molecule has 1 atom stereocenters. The van der Waals surface area contributed by atoms with Gasteiger partial charge in [0.2, 0.25) is 0 Å². The molecule has 0 fully saturated rings. The molecule has 156 valence electrons. The first kappa shape index (κ1) is 22.0. The van der Waals surface area contributed by atoms with E-state index in [0.717, 1.165) is 22.4 Å². The lowest BCUT2D eigenvalue weighted by Crippen LogP contribution is -2.32. The van der Waals surface area contributed by atoms with Gasteiger partial charge in [-0.15, -0.1) is 0 Å². The summed E-state index contributed by atoms with van der Waals surface area (Å²) >= 11 is 0. The molecule has 1 aromatic carbocycles. The number of nitrogens with zero attached hydrogens (tertiary/aromatic N) is 1. The number of aromatic hydroxyl groups is 1. The number of hydrogen-bond acceptors (Lipinski definition) is 5. The molecule has 30 heavy (non-hydrogen) atoms. The van der Waals surface area contributed by atoms with E-state index in [-0.39, 0.29) is 11.9 Å². The third-order valence-corrected chi connectivity index (χ3v) is 4.92. The van der Waals surface area contributed by atoms with Crippen molar-refractivity contribution in [1.29, 1.82) is 0 Å². The molecule has 7 heteroatoms. The first-order valence-electron chi connectivity index (χ1n) is 9.79. The van der Waals surface area contributed by atoms with E-state index in [4.69, 9.17) is 9.39 Å². The standard InChI is InChI=1S/C23H25BFNO4/c1-16(15-29-2)19-10-11-24(28)30-23(19)9-7-18(21-5-3-4-12-26-21)13-17-6-8-22(27)20(25)14-17/h3-6,8,10,12-14,23,27-28H,1,7,9,11,15H2,2H3/b18-13-. The summed E-state index contributed by atoms with van der Waals surface area (Å²) < 4.78 is 24.8. The molecule has 0 saturated carbocycles. The zero-order valence-corrected chi connectivity index (χ0v) is 16.9. The number of aromatic nitrogens is 1. The highest BCUT2D eigenvalue weighted by atomic mass is 19.1. The van der Waals surface area contributed by atoms with E-state index in [1.54, 1.807) is 19.4 Å². The molecule has 2 N–H and O–H groups in total. The van der Waals surface area contributed by atoms with E-state index in [1.165, 1.54) is 12.1 Å². The number of pyridine rings is 1. The Bertz CT molecular complexity index is 945. The quantitative estimate of drug-likeness (QED) is 0.638. The van der Waals surface area contributed by atoms with Crippen molar-refractivity contribution < 1.29 is 23.9 Å². The van der Waals surface area contributed by atoms with Gasteiger partial charge in [-0.2, -0.15) is 0 Å². The highest BCUT2D eigenvalue weighted by Gasteiger charge is 2.28. The van der Waals surface area contributed by atoms with Crippen LogP contribution in [0.25, 0.3) is 11.6 Å². The maximum absolute atomic E-state index is 13.8. The summed E-state index contributed by atoms with van der Waals surface area (Å²) in [4.78, 5) is 4.42. The Kier molecular flexibility index (Phi) is 7.57. The monoisotopic (exact) mass is 409 g/mol. The lowest BCUT2D eigenvalue weighted by Gasteiger charge is -2.28. The van der Waals surface area contributed by atoms with Gasteiger partial charge in [-0.3, -0.25) is 4.98 Å². The second-order valence-corrected chi connectivity index (χ2v) is 7.15. The summed E-state index contributed by atoms with van der Waals surface area (Å²) in [5.74, 6) is -1.06. The molecule has 0 saturated heterocycles. The van der Waals surface area contributed by atoms with Gasteiger partial charge in [0.15, 0.2) is 11.6 Å². The van der Waals surface area contributed by atoms with Gasteiger partial charge < -0.3 is 19.5 Å². The average molecular weight is 409 g/mol. The molecule has 0 spiro atoms. The molecule has 3 rings (SSSR count). The molecular formula is C23H25BFNO4. The fourth-order valence-electron chi connectivity index (χ4n) is 3.46. The first-order valence-corrected chi connectivity index (χ1v) is 9.79. The molecule has 1 aromatic heterocycles. The number of hydrogen-bond donors (Lipinski definition) is 2. The summed E-state index contributed by atoms with van der Waals surface area (Å²) in [5, 5.41) is 19.4. The van der Waals surface area contributed by atoms with Crippen molar-refractivity contribution in [3.8, 4) is 5.75 Å². The van der Waals surface area contributed by atoms with Crippen molar-refractivity contribution in [2.24, 2.45) is 0 Å². The maximum atomic E-state index is 13.8. The molecule has 0 bridgehead atoms. The van der Waals surface area contributed by atoms with Crippen LogP contribution in [0.15, 0.2) is 66.4 Å². The number of ether oxygens (including phenoxy) is 1. The zero-order valence-electron chi connectivity index (χ0n) is 16.9. The van der Waals surface area contributed by atoms with Crippen LogP contribution < -0.4 is 0 Å². The van der Waals surface area contributed by atoms with Crippen LogP contribution in [0.2, 0.25) is 6.32 Å². The minimum absolute atomic E-state index is 0.333.